The minimum atomic E-state index is -3.52. The van der Waals surface area contributed by atoms with E-state index in [1.165, 1.54) is 0 Å². The number of sulfonamides is 1. The molecule has 184 valence electrons. The van der Waals surface area contributed by atoms with Crippen molar-refractivity contribution < 1.29 is 13.2 Å². The number of carbonyl (C=O) groups excluding carboxylic acids is 1. The Morgan fingerprint density at radius 1 is 0.889 bits per heavy atom. The lowest BCUT2D eigenvalue weighted by molar-refractivity contribution is -0.130. The fourth-order valence-corrected chi connectivity index (χ4v) is 6.65. The van der Waals surface area contributed by atoms with Gasteiger partial charge in [0.05, 0.1) is 23.2 Å². The maximum atomic E-state index is 12.9. The second-order valence-electron chi connectivity index (χ2n) is 9.35. The summed E-state index contributed by atoms with van der Waals surface area (Å²) in [7, 11) is -3.52. The van der Waals surface area contributed by atoms with Gasteiger partial charge in [-0.3, -0.25) is 9.69 Å². The highest BCUT2D eigenvalue weighted by molar-refractivity contribution is 7.90. The molecule has 0 radical (unpaired) electrons. The normalized spacial score (nSPS) is 17.1. The molecule has 0 spiro atoms. The number of fused-ring (bicyclic) bond motifs is 1. The fourth-order valence-electron chi connectivity index (χ4n) is 4.75. The van der Waals surface area contributed by atoms with Gasteiger partial charge in [0.2, 0.25) is 15.9 Å². The van der Waals surface area contributed by atoms with E-state index in [4.69, 9.17) is 16.6 Å². The molecule has 0 bridgehead atoms. The molecule has 0 atom stereocenters. The van der Waals surface area contributed by atoms with E-state index >= 15 is 0 Å². The van der Waals surface area contributed by atoms with Crippen molar-refractivity contribution in [1.29, 1.82) is 0 Å². The first-order chi connectivity index (χ1) is 17.4. The van der Waals surface area contributed by atoms with Crippen LogP contribution in [0.3, 0.4) is 0 Å². The van der Waals surface area contributed by atoms with Gasteiger partial charge in [-0.1, -0.05) is 54.1 Å². The molecule has 0 N–H and O–H groups in total. The van der Waals surface area contributed by atoms with Gasteiger partial charge in [0.25, 0.3) is 0 Å². The van der Waals surface area contributed by atoms with E-state index in [9.17, 15) is 13.2 Å². The predicted molar refractivity (Wildman–Crippen MR) is 140 cm³/mol. The van der Waals surface area contributed by atoms with Crippen LogP contribution in [0.25, 0.3) is 28.0 Å². The van der Waals surface area contributed by atoms with Crippen LogP contribution in [-0.2, 0) is 21.4 Å². The van der Waals surface area contributed by atoms with Gasteiger partial charge in [-0.05, 0) is 48.2 Å². The first-order valence-electron chi connectivity index (χ1n) is 12.0. The summed E-state index contributed by atoms with van der Waals surface area (Å²) in [6.45, 7) is 1.17. The van der Waals surface area contributed by atoms with Crippen molar-refractivity contribution >= 4 is 33.2 Å². The molecule has 2 fully saturated rings. The summed E-state index contributed by atoms with van der Waals surface area (Å²) >= 11 is 6.13. The van der Waals surface area contributed by atoms with Gasteiger partial charge in [-0.2, -0.15) is 0 Å². The molecular weight excluding hydrogens is 496 g/mol. The number of benzene rings is 2. The third-order valence-electron chi connectivity index (χ3n) is 6.82. The molecule has 1 aliphatic carbocycles. The van der Waals surface area contributed by atoms with E-state index in [0.29, 0.717) is 31.0 Å². The molecule has 2 aliphatic rings. The number of amides is 1. The Morgan fingerprint density at radius 3 is 2.31 bits per heavy atom. The summed E-state index contributed by atoms with van der Waals surface area (Å²) in [4.78, 5) is 19.8. The van der Waals surface area contributed by atoms with Gasteiger partial charge in [-0.15, -0.1) is 0 Å². The molecule has 9 heteroatoms. The molecule has 1 saturated carbocycles. The number of imidazole rings is 1. The van der Waals surface area contributed by atoms with Crippen LogP contribution in [0, 0.1) is 0 Å². The minimum Gasteiger partial charge on any atom is -0.301 e. The van der Waals surface area contributed by atoms with Crippen molar-refractivity contribution in [2.75, 3.05) is 19.6 Å². The summed E-state index contributed by atoms with van der Waals surface area (Å²) in [5.74, 6) is -0.361. The van der Waals surface area contributed by atoms with Crippen molar-refractivity contribution in [1.82, 2.24) is 18.6 Å². The molecular formula is C27H25ClN4O3S. The standard InChI is InChI=1S/C27H25ClN4O3S/c28-22-9-6-20(7-10-22)27-24(17-30-14-15-32(26(33)18-30)36(34,35)23-11-12-23)31-16-21(8-13-25(31)29-27)19-4-2-1-3-5-19/h1-10,13,16,23H,11-12,14-15,17-18H2. The highest BCUT2D eigenvalue weighted by Crippen LogP contribution is 2.33. The zero-order valence-electron chi connectivity index (χ0n) is 19.5. The van der Waals surface area contributed by atoms with E-state index in [1.807, 2.05) is 53.4 Å². The van der Waals surface area contributed by atoms with Crippen molar-refractivity contribution in [3.05, 3.63) is 83.6 Å². The van der Waals surface area contributed by atoms with E-state index in [0.717, 1.165) is 38.0 Å². The lowest BCUT2D eigenvalue weighted by atomic mass is 10.1. The van der Waals surface area contributed by atoms with Crippen molar-refractivity contribution in [2.45, 2.75) is 24.6 Å². The molecule has 1 aliphatic heterocycles. The number of aromatic nitrogens is 2. The third-order valence-corrected chi connectivity index (χ3v) is 9.39. The maximum Gasteiger partial charge on any atom is 0.250 e. The van der Waals surface area contributed by atoms with Crippen LogP contribution < -0.4 is 0 Å². The quantitative estimate of drug-likeness (QED) is 0.375. The Hall–Kier alpha value is -3.20. The number of pyridine rings is 1. The van der Waals surface area contributed by atoms with Crippen LogP contribution >= 0.6 is 11.6 Å². The van der Waals surface area contributed by atoms with Crippen LogP contribution in [0.2, 0.25) is 5.02 Å². The predicted octanol–water partition coefficient (Wildman–Crippen LogP) is 4.46. The number of carbonyl (C=O) groups is 1. The molecule has 6 rings (SSSR count). The average molecular weight is 521 g/mol. The summed E-state index contributed by atoms with van der Waals surface area (Å²) < 4.78 is 28.5. The third kappa shape index (κ3) is 4.30. The van der Waals surface area contributed by atoms with E-state index in [2.05, 4.69) is 28.8 Å². The lowest BCUT2D eigenvalue weighted by Crippen LogP contribution is -2.53. The zero-order chi connectivity index (χ0) is 24.9. The highest BCUT2D eigenvalue weighted by Gasteiger charge is 2.43. The molecule has 4 aromatic rings. The Balaban J connectivity index is 1.37. The topological polar surface area (TPSA) is 75.0 Å². The first kappa shape index (κ1) is 23.2. The molecule has 0 unspecified atom stereocenters. The first-order valence-corrected chi connectivity index (χ1v) is 13.9. The number of piperazine rings is 1. The van der Waals surface area contributed by atoms with Gasteiger partial charge in [0.1, 0.15) is 5.65 Å². The maximum absolute atomic E-state index is 12.9. The Bertz CT molecular complexity index is 1550. The van der Waals surface area contributed by atoms with Gasteiger partial charge in [-0.25, -0.2) is 17.7 Å². The van der Waals surface area contributed by atoms with Gasteiger partial charge < -0.3 is 4.40 Å². The molecule has 1 saturated heterocycles. The van der Waals surface area contributed by atoms with Crippen molar-refractivity contribution in [2.24, 2.45) is 0 Å². The van der Waals surface area contributed by atoms with Gasteiger partial charge >= 0.3 is 0 Å². The number of hydrogen-bond acceptors (Lipinski definition) is 5. The Labute approximate surface area is 215 Å². The SMILES string of the molecule is O=C1CN(Cc2c(-c3ccc(Cl)cc3)nc3ccc(-c4ccccc4)cn23)CCN1S(=O)(=O)C1CC1. The molecule has 2 aromatic heterocycles. The minimum absolute atomic E-state index is 0.0532. The summed E-state index contributed by atoms with van der Waals surface area (Å²) in [6, 6.07) is 21.7. The zero-order valence-corrected chi connectivity index (χ0v) is 21.1. The van der Waals surface area contributed by atoms with Crippen molar-refractivity contribution in [3.63, 3.8) is 0 Å². The average Bonchev–Trinajstić information content (AvgIpc) is 3.69. The van der Waals surface area contributed by atoms with Gasteiger partial charge in [0.15, 0.2) is 0 Å². The lowest BCUT2D eigenvalue weighted by Gasteiger charge is -2.33. The Kier molecular flexibility index (Phi) is 5.82. The monoisotopic (exact) mass is 520 g/mol. The molecule has 36 heavy (non-hydrogen) atoms. The van der Waals surface area contributed by atoms with E-state index in [-0.39, 0.29) is 24.2 Å². The van der Waals surface area contributed by atoms with Gasteiger partial charge in [0, 0.05) is 36.4 Å². The largest absolute Gasteiger partial charge is 0.301 e. The second-order valence-corrected chi connectivity index (χ2v) is 11.9. The fraction of sp³-hybridized carbons (Fsp3) is 0.259. The van der Waals surface area contributed by atoms with Crippen molar-refractivity contribution in [3.8, 4) is 22.4 Å². The van der Waals surface area contributed by atoms with Crippen LogP contribution in [0.4, 0.5) is 0 Å². The highest BCUT2D eigenvalue weighted by atomic mass is 35.5. The molecule has 3 heterocycles. The van der Waals surface area contributed by atoms with Crippen LogP contribution in [-0.4, -0.2) is 57.8 Å². The number of hydrogen-bond donors (Lipinski definition) is 0. The van der Waals surface area contributed by atoms with Crippen LogP contribution in [0.5, 0.6) is 0 Å². The second kappa shape index (κ2) is 9.03. The smallest absolute Gasteiger partial charge is 0.250 e. The molecule has 7 nitrogen and oxygen atoms in total. The number of nitrogens with zero attached hydrogens (tertiary/aromatic N) is 4. The molecule has 2 aromatic carbocycles. The summed E-state index contributed by atoms with van der Waals surface area (Å²) in [5.41, 5.74) is 5.65. The van der Waals surface area contributed by atoms with Crippen LogP contribution in [0.1, 0.15) is 18.5 Å². The van der Waals surface area contributed by atoms with E-state index in [1.54, 1.807) is 0 Å². The van der Waals surface area contributed by atoms with Crippen LogP contribution in [0.15, 0.2) is 72.9 Å². The summed E-state index contributed by atoms with van der Waals surface area (Å²) in [6.07, 6.45) is 3.36. The Morgan fingerprint density at radius 2 is 1.61 bits per heavy atom. The van der Waals surface area contributed by atoms with E-state index < -0.39 is 10.0 Å². The molecule has 1 amide bonds. The number of halogens is 1. The summed E-state index contributed by atoms with van der Waals surface area (Å²) in [5, 5.41) is 0.258. The number of rotatable bonds is 6.